The maximum atomic E-state index is 11.0. The molecule has 0 heterocycles. The molecule has 28 heavy (non-hydrogen) atoms. The van der Waals surface area contributed by atoms with E-state index >= 15 is 0 Å². The Bertz CT molecular complexity index is 382. The minimum absolute atomic E-state index is 0.144. The smallest absolute Gasteiger partial charge is 0.328 e. The third kappa shape index (κ3) is 19.5. The van der Waals surface area contributed by atoms with Gasteiger partial charge in [-0.25, -0.2) is 9.79 Å². The SMILES string of the molecule is CCCCCCCCCCCCCCCCCCCCC(N=C(N)N)C(=O)O. The molecule has 0 aliphatic heterocycles. The average molecular weight is 398 g/mol. The molecule has 5 N–H and O–H groups in total. The highest BCUT2D eigenvalue weighted by Crippen LogP contribution is 2.15. The van der Waals surface area contributed by atoms with Crippen LogP contribution in [0.1, 0.15) is 129 Å². The van der Waals surface area contributed by atoms with Gasteiger partial charge in [0.2, 0.25) is 0 Å². The van der Waals surface area contributed by atoms with Gasteiger partial charge in [0.1, 0.15) is 0 Å². The number of unbranched alkanes of at least 4 members (excludes halogenated alkanes) is 17. The van der Waals surface area contributed by atoms with E-state index in [9.17, 15) is 4.79 Å². The molecule has 0 aliphatic carbocycles. The molecule has 0 amide bonds. The predicted molar refractivity (Wildman–Crippen MR) is 121 cm³/mol. The molecule has 1 atom stereocenters. The Labute approximate surface area is 173 Å². The fourth-order valence-corrected chi connectivity index (χ4v) is 3.66. The second kappa shape index (κ2) is 20.5. The summed E-state index contributed by atoms with van der Waals surface area (Å²) in [5.41, 5.74) is 10.5. The first-order valence-electron chi connectivity index (χ1n) is 11.9. The van der Waals surface area contributed by atoms with E-state index < -0.39 is 12.0 Å². The van der Waals surface area contributed by atoms with Crippen molar-refractivity contribution in [2.24, 2.45) is 16.5 Å². The Balaban J connectivity index is 3.25. The number of aliphatic imine (C=N–C) groups is 1. The standard InChI is InChI=1S/C23H47N3O2/c1-2-3-4-5-6-7-8-9-10-11-12-13-14-15-16-17-18-19-20-21(22(27)28)26-23(24)25/h21H,2-20H2,1H3,(H,27,28)(H4,24,25,26). The van der Waals surface area contributed by atoms with Crippen molar-refractivity contribution in [1.82, 2.24) is 0 Å². The van der Waals surface area contributed by atoms with Gasteiger partial charge in [-0.15, -0.1) is 0 Å². The van der Waals surface area contributed by atoms with E-state index in [2.05, 4.69) is 11.9 Å². The second-order valence-electron chi connectivity index (χ2n) is 8.21. The van der Waals surface area contributed by atoms with Crippen molar-refractivity contribution in [3.05, 3.63) is 0 Å². The molecule has 0 rings (SSSR count). The Morgan fingerprint density at radius 3 is 1.29 bits per heavy atom. The third-order valence-corrected chi connectivity index (χ3v) is 5.42. The maximum Gasteiger partial charge on any atom is 0.328 e. The number of carboxylic acids is 1. The first kappa shape index (κ1) is 26.7. The number of rotatable bonds is 21. The topological polar surface area (TPSA) is 102 Å². The fraction of sp³-hybridized carbons (Fsp3) is 0.913. The summed E-state index contributed by atoms with van der Waals surface area (Å²) in [5, 5.41) is 9.05. The number of carboxylic acid groups (broad SMARTS) is 1. The third-order valence-electron chi connectivity index (χ3n) is 5.42. The highest BCUT2D eigenvalue weighted by Gasteiger charge is 2.15. The summed E-state index contributed by atoms with van der Waals surface area (Å²) in [5.74, 6) is -1.09. The van der Waals surface area contributed by atoms with E-state index in [0.717, 1.165) is 12.8 Å². The van der Waals surface area contributed by atoms with Crippen molar-refractivity contribution in [2.75, 3.05) is 0 Å². The zero-order valence-electron chi connectivity index (χ0n) is 18.5. The molecule has 1 unspecified atom stereocenters. The van der Waals surface area contributed by atoms with Gasteiger partial charge < -0.3 is 16.6 Å². The molecule has 0 saturated heterocycles. The number of hydrogen-bond donors (Lipinski definition) is 3. The summed E-state index contributed by atoms with van der Waals surface area (Å²) in [4.78, 5) is 14.8. The zero-order chi connectivity index (χ0) is 20.9. The molecule has 0 spiro atoms. The monoisotopic (exact) mass is 397 g/mol. The summed E-state index contributed by atoms with van der Waals surface area (Å²) in [6, 6.07) is -0.786. The van der Waals surface area contributed by atoms with Crippen LogP contribution in [0.15, 0.2) is 4.99 Å². The van der Waals surface area contributed by atoms with Gasteiger partial charge in [0.25, 0.3) is 0 Å². The summed E-state index contributed by atoms with van der Waals surface area (Å²) < 4.78 is 0. The lowest BCUT2D eigenvalue weighted by molar-refractivity contribution is -0.138. The summed E-state index contributed by atoms with van der Waals surface area (Å²) in [7, 11) is 0. The minimum Gasteiger partial charge on any atom is -0.480 e. The van der Waals surface area contributed by atoms with Crippen LogP contribution in [0.3, 0.4) is 0 Å². The lowest BCUT2D eigenvalue weighted by Gasteiger charge is -2.07. The average Bonchev–Trinajstić information content (AvgIpc) is 2.65. The largest absolute Gasteiger partial charge is 0.480 e. The van der Waals surface area contributed by atoms with Crippen molar-refractivity contribution in [3.8, 4) is 0 Å². The van der Waals surface area contributed by atoms with E-state index in [-0.39, 0.29) is 5.96 Å². The van der Waals surface area contributed by atoms with Crippen LogP contribution in [-0.4, -0.2) is 23.1 Å². The highest BCUT2D eigenvalue weighted by atomic mass is 16.4. The highest BCUT2D eigenvalue weighted by molar-refractivity contribution is 5.81. The van der Waals surface area contributed by atoms with Gasteiger partial charge in [0.05, 0.1) is 0 Å². The van der Waals surface area contributed by atoms with Crippen LogP contribution in [0.5, 0.6) is 0 Å². The number of nitrogens with zero attached hydrogens (tertiary/aromatic N) is 1. The van der Waals surface area contributed by atoms with Crippen LogP contribution in [0.2, 0.25) is 0 Å². The molecule has 0 bridgehead atoms. The minimum atomic E-state index is -0.944. The molecule has 0 aromatic carbocycles. The van der Waals surface area contributed by atoms with Gasteiger partial charge in [-0.05, 0) is 6.42 Å². The lowest BCUT2D eigenvalue weighted by atomic mass is 10.0. The maximum absolute atomic E-state index is 11.0. The lowest BCUT2D eigenvalue weighted by Crippen LogP contribution is -2.28. The van der Waals surface area contributed by atoms with Crippen LogP contribution < -0.4 is 11.5 Å². The van der Waals surface area contributed by atoms with Crippen LogP contribution in [0.4, 0.5) is 0 Å². The van der Waals surface area contributed by atoms with E-state index in [4.69, 9.17) is 16.6 Å². The summed E-state index contributed by atoms with van der Waals surface area (Å²) in [6.07, 6.45) is 24.4. The molecule has 0 aromatic rings. The first-order valence-corrected chi connectivity index (χ1v) is 11.9. The van der Waals surface area contributed by atoms with E-state index in [1.807, 2.05) is 0 Å². The summed E-state index contributed by atoms with van der Waals surface area (Å²) in [6.45, 7) is 2.27. The van der Waals surface area contributed by atoms with Crippen LogP contribution in [0.25, 0.3) is 0 Å². The number of aliphatic carboxylic acids is 1. The number of nitrogens with two attached hydrogens (primary N) is 2. The van der Waals surface area contributed by atoms with Crippen molar-refractivity contribution in [1.29, 1.82) is 0 Å². The van der Waals surface area contributed by atoms with Gasteiger partial charge in [-0.3, -0.25) is 0 Å². The van der Waals surface area contributed by atoms with E-state index in [1.54, 1.807) is 0 Å². The zero-order valence-corrected chi connectivity index (χ0v) is 18.5. The van der Waals surface area contributed by atoms with Crippen molar-refractivity contribution >= 4 is 11.9 Å². The quantitative estimate of drug-likeness (QED) is 0.123. The fourth-order valence-electron chi connectivity index (χ4n) is 3.66. The molecule has 166 valence electrons. The van der Waals surface area contributed by atoms with Gasteiger partial charge in [-0.2, -0.15) is 0 Å². The van der Waals surface area contributed by atoms with Crippen molar-refractivity contribution in [3.63, 3.8) is 0 Å². The molecule has 5 nitrogen and oxygen atoms in total. The van der Waals surface area contributed by atoms with Crippen molar-refractivity contribution < 1.29 is 9.90 Å². The van der Waals surface area contributed by atoms with Crippen LogP contribution in [0, 0.1) is 0 Å². The first-order chi connectivity index (χ1) is 13.6. The van der Waals surface area contributed by atoms with Gasteiger partial charge in [-0.1, -0.05) is 122 Å². The summed E-state index contributed by atoms with van der Waals surface area (Å²) >= 11 is 0. The second-order valence-corrected chi connectivity index (χ2v) is 8.21. The molecule has 0 aromatic heterocycles. The van der Waals surface area contributed by atoms with E-state index in [1.165, 1.54) is 103 Å². The molecule has 0 saturated carbocycles. The Hall–Kier alpha value is -1.26. The molecule has 5 heteroatoms. The van der Waals surface area contributed by atoms with Gasteiger partial charge >= 0.3 is 5.97 Å². The van der Waals surface area contributed by atoms with Crippen LogP contribution in [-0.2, 0) is 4.79 Å². The predicted octanol–water partition coefficient (Wildman–Crippen LogP) is 6.14. The normalized spacial score (nSPS) is 12.0. The van der Waals surface area contributed by atoms with Gasteiger partial charge in [0.15, 0.2) is 12.0 Å². The van der Waals surface area contributed by atoms with Crippen molar-refractivity contribution in [2.45, 2.75) is 135 Å². The Kier molecular flexibility index (Phi) is 19.6. The number of guanidine groups is 1. The van der Waals surface area contributed by atoms with E-state index in [0.29, 0.717) is 6.42 Å². The number of carbonyl (C=O) groups is 1. The molecule has 0 aliphatic rings. The van der Waals surface area contributed by atoms with Gasteiger partial charge in [0, 0.05) is 0 Å². The molecular weight excluding hydrogens is 350 g/mol. The molecule has 0 radical (unpaired) electrons. The number of hydrogen-bond acceptors (Lipinski definition) is 2. The molecular formula is C23H47N3O2. The Morgan fingerprint density at radius 2 is 1.00 bits per heavy atom. The Morgan fingerprint density at radius 1 is 0.679 bits per heavy atom. The molecule has 0 fully saturated rings. The van der Waals surface area contributed by atoms with Crippen LogP contribution >= 0.6 is 0 Å².